The zero-order valence-corrected chi connectivity index (χ0v) is 15.3. The zero-order chi connectivity index (χ0) is 18.4. The van der Waals surface area contributed by atoms with Gasteiger partial charge >= 0.3 is 5.97 Å². The molecule has 1 amide bonds. The van der Waals surface area contributed by atoms with E-state index in [1.807, 2.05) is 19.1 Å². The Morgan fingerprint density at radius 3 is 2.76 bits per heavy atom. The Balaban J connectivity index is 2.02. The minimum atomic E-state index is -0.962. The predicted molar refractivity (Wildman–Crippen MR) is 97.7 cm³/mol. The number of rotatable bonds is 6. The van der Waals surface area contributed by atoms with Gasteiger partial charge in [0.1, 0.15) is 10.9 Å². The topological polar surface area (TPSA) is 79.2 Å². The fourth-order valence-electron chi connectivity index (χ4n) is 2.33. The molecule has 0 bridgehead atoms. The molecule has 2 rings (SSSR count). The van der Waals surface area contributed by atoms with E-state index in [0.29, 0.717) is 16.1 Å². The molecule has 1 atom stereocenters. The summed E-state index contributed by atoms with van der Waals surface area (Å²) in [5.41, 5.74) is 1.89. The highest BCUT2D eigenvalue weighted by molar-refractivity contribution is 7.14. The van der Waals surface area contributed by atoms with Gasteiger partial charge in [0.05, 0.1) is 11.3 Å². The summed E-state index contributed by atoms with van der Waals surface area (Å²) < 4.78 is 5.27. The van der Waals surface area contributed by atoms with Gasteiger partial charge in [-0.1, -0.05) is 25.5 Å². The SMILES string of the molecule is CCCc1cc(C(=O)O[C@@H](C)C(=O)Nc2ccccc2C#N)sc1C. The first-order valence-corrected chi connectivity index (χ1v) is 8.88. The maximum absolute atomic E-state index is 12.3. The number of nitrogens with one attached hydrogen (secondary N) is 1. The molecule has 0 saturated carbocycles. The molecule has 1 heterocycles. The monoisotopic (exact) mass is 356 g/mol. The van der Waals surface area contributed by atoms with E-state index in [9.17, 15) is 9.59 Å². The van der Waals surface area contributed by atoms with E-state index in [1.165, 1.54) is 18.3 Å². The van der Waals surface area contributed by atoms with Gasteiger partial charge in [-0.2, -0.15) is 5.26 Å². The van der Waals surface area contributed by atoms with Crippen LogP contribution in [0.3, 0.4) is 0 Å². The Bertz CT molecular complexity index is 820. The van der Waals surface area contributed by atoms with Crippen LogP contribution in [0.15, 0.2) is 30.3 Å². The smallest absolute Gasteiger partial charge is 0.349 e. The Kier molecular flexibility index (Phi) is 6.31. The molecule has 1 aromatic heterocycles. The van der Waals surface area contributed by atoms with E-state index < -0.39 is 18.0 Å². The number of nitriles is 1. The Morgan fingerprint density at radius 2 is 2.08 bits per heavy atom. The summed E-state index contributed by atoms with van der Waals surface area (Å²) >= 11 is 1.38. The summed E-state index contributed by atoms with van der Waals surface area (Å²) in [5.74, 6) is -0.982. The number of aryl methyl sites for hydroxylation is 2. The van der Waals surface area contributed by atoms with Gasteiger partial charge in [0.25, 0.3) is 5.91 Å². The van der Waals surface area contributed by atoms with E-state index in [4.69, 9.17) is 10.00 Å². The lowest BCUT2D eigenvalue weighted by molar-refractivity contribution is -0.123. The number of para-hydroxylation sites is 1. The van der Waals surface area contributed by atoms with Crippen LogP contribution in [-0.4, -0.2) is 18.0 Å². The highest BCUT2D eigenvalue weighted by Gasteiger charge is 2.21. The van der Waals surface area contributed by atoms with Crippen LogP contribution in [0, 0.1) is 18.3 Å². The highest BCUT2D eigenvalue weighted by Crippen LogP contribution is 2.24. The summed E-state index contributed by atoms with van der Waals surface area (Å²) in [4.78, 5) is 26.1. The van der Waals surface area contributed by atoms with Crippen molar-refractivity contribution in [1.29, 1.82) is 5.26 Å². The highest BCUT2D eigenvalue weighted by atomic mass is 32.1. The quantitative estimate of drug-likeness (QED) is 0.792. The molecule has 0 aliphatic rings. The van der Waals surface area contributed by atoms with E-state index in [-0.39, 0.29) is 0 Å². The molecule has 5 nitrogen and oxygen atoms in total. The fourth-order valence-corrected chi connectivity index (χ4v) is 3.29. The molecule has 25 heavy (non-hydrogen) atoms. The standard InChI is InChI=1S/C19H20N2O3S/c1-4-7-14-10-17(25-13(14)3)19(23)24-12(2)18(22)21-16-9-6-5-8-15(16)11-20/h5-6,8-10,12H,4,7H2,1-3H3,(H,21,22)/t12-/m0/s1. The number of ether oxygens (including phenoxy) is 1. The summed E-state index contributed by atoms with van der Waals surface area (Å²) in [7, 11) is 0. The van der Waals surface area contributed by atoms with Crippen LogP contribution < -0.4 is 5.32 Å². The lowest BCUT2D eigenvalue weighted by Gasteiger charge is -2.13. The Hall–Kier alpha value is -2.65. The van der Waals surface area contributed by atoms with Crippen molar-refractivity contribution in [2.45, 2.75) is 39.7 Å². The third-order valence-corrected chi connectivity index (χ3v) is 4.77. The number of nitrogens with zero attached hydrogens (tertiary/aromatic N) is 1. The number of benzene rings is 1. The van der Waals surface area contributed by atoms with Gasteiger partial charge in [0, 0.05) is 4.88 Å². The second-order valence-corrected chi connectivity index (χ2v) is 6.89. The van der Waals surface area contributed by atoms with E-state index in [2.05, 4.69) is 12.2 Å². The molecule has 1 N–H and O–H groups in total. The van der Waals surface area contributed by atoms with Crippen LogP contribution in [0.4, 0.5) is 5.69 Å². The van der Waals surface area contributed by atoms with Gasteiger partial charge in [-0.3, -0.25) is 4.79 Å². The number of esters is 1. The largest absolute Gasteiger partial charge is 0.448 e. The lowest BCUT2D eigenvalue weighted by Crippen LogP contribution is -2.30. The van der Waals surface area contributed by atoms with Gasteiger partial charge in [-0.15, -0.1) is 11.3 Å². The minimum Gasteiger partial charge on any atom is -0.448 e. The van der Waals surface area contributed by atoms with E-state index >= 15 is 0 Å². The predicted octanol–water partition coefficient (Wildman–Crippen LogP) is 4.06. The summed E-state index contributed by atoms with van der Waals surface area (Å²) in [6, 6.07) is 10.5. The summed E-state index contributed by atoms with van der Waals surface area (Å²) in [5, 5.41) is 11.7. The van der Waals surface area contributed by atoms with Crippen molar-refractivity contribution in [2.75, 3.05) is 5.32 Å². The van der Waals surface area contributed by atoms with Gasteiger partial charge in [0.2, 0.25) is 0 Å². The van der Waals surface area contributed by atoms with Crippen molar-refractivity contribution < 1.29 is 14.3 Å². The zero-order valence-electron chi connectivity index (χ0n) is 14.5. The molecular weight excluding hydrogens is 336 g/mol. The molecule has 6 heteroatoms. The summed E-state index contributed by atoms with van der Waals surface area (Å²) in [6.45, 7) is 5.57. The van der Waals surface area contributed by atoms with Crippen LogP contribution in [0.1, 0.15) is 45.9 Å². The van der Waals surface area contributed by atoms with Crippen LogP contribution in [0.25, 0.3) is 0 Å². The number of hydrogen-bond donors (Lipinski definition) is 1. The average molecular weight is 356 g/mol. The van der Waals surface area contributed by atoms with E-state index in [0.717, 1.165) is 23.3 Å². The number of hydrogen-bond acceptors (Lipinski definition) is 5. The first-order chi connectivity index (χ1) is 12.0. The average Bonchev–Trinajstić information content (AvgIpc) is 2.96. The molecule has 2 aromatic rings. The maximum atomic E-state index is 12.3. The maximum Gasteiger partial charge on any atom is 0.349 e. The molecular formula is C19H20N2O3S. The van der Waals surface area contributed by atoms with Crippen molar-refractivity contribution >= 4 is 28.9 Å². The Labute approximate surface area is 151 Å². The molecule has 0 saturated heterocycles. The fraction of sp³-hybridized carbons (Fsp3) is 0.316. The number of anilines is 1. The molecule has 0 unspecified atom stereocenters. The van der Waals surface area contributed by atoms with Crippen LogP contribution in [0.5, 0.6) is 0 Å². The van der Waals surface area contributed by atoms with E-state index in [1.54, 1.807) is 24.3 Å². The van der Waals surface area contributed by atoms with Crippen molar-refractivity contribution in [2.24, 2.45) is 0 Å². The molecule has 0 fully saturated rings. The first-order valence-electron chi connectivity index (χ1n) is 8.06. The second kappa shape index (κ2) is 8.45. The van der Waals surface area contributed by atoms with Crippen LogP contribution >= 0.6 is 11.3 Å². The van der Waals surface area contributed by atoms with Crippen molar-refractivity contribution in [3.05, 3.63) is 51.2 Å². The molecule has 0 radical (unpaired) electrons. The third-order valence-electron chi connectivity index (χ3n) is 3.70. The number of carbonyl (C=O) groups is 2. The van der Waals surface area contributed by atoms with Gasteiger partial charge in [0.15, 0.2) is 6.10 Å². The number of carbonyl (C=O) groups excluding carboxylic acids is 2. The van der Waals surface area contributed by atoms with Gasteiger partial charge in [-0.25, -0.2) is 4.79 Å². The lowest BCUT2D eigenvalue weighted by atomic mass is 10.1. The molecule has 0 aliphatic carbocycles. The number of amides is 1. The normalized spacial score (nSPS) is 11.4. The van der Waals surface area contributed by atoms with Gasteiger partial charge in [-0.05, 0) is 44.0 Å². The van der Waals surface area contributed by atoms with Crippen molar-refractivity contribution in [3.63, 3.8) is 0 Å². The van der Waals surface area contributed by atoms with Crippen molar-refractivity contribution in [1.82, 2.24) is 0 Å². The van der Waals surface area contributed by atoms with Gasteiger partial charge < -0.3 is 10.1 Å². The molecule has 130 valence electrons. The third kappa shape index (κ3) is 4.68. The molecule has 1 aromatic carbocycles. The first kappa shape index (κ1) is 18.7. The minimum absolute atomic E-state index is 0.354. The Morgan fingerprint density at radius 1 is 1.36 bits per heavy atom. The summed E-state index contributed by atoms with van der Waals surface area (Å²) in [6.07, 6.45) is 0.955. The number of thiophene rings is 1. The van der Waals surface area contributed by atoms with Crippen LogP contribution in [-0.2, 0) is 16.0 Å². The second-order valence-electron chi connectivity index (χ2n) is 5.64. The molecule has 0 spiro atoms. The molecule has 0 aliphatic heterocycles. The van der Waals surface area contributed by atoms with Crippen molar-refractivity contribution in [3.8, 4) is 6.07 Å². The van der Waals surface area contributed by atoms with Crippen LogP contribution in [0.2, 0.25) is 0 Å².